The average Bonchev–Trinajstić information content (AvgIpc) is 2.66. The molecule has 0 saturated heterocycles. The summed E-state index contributed by atoms with van der Waals surface area (Å²) in [6.45, 7) is 0.793. The Morgan fingerprint density at radius 3 is 2.19 bits per heavy atom. The molecule has 0 aliphatic heterocycles. The third-order valence-corrected chi connectivity index (χ3v) is 3.80. The quantitative estimate of drug-likeness (QED) is 0.673. The van der Waals surface area contributed by atoms with Crippen LogP contribution in [0.3, 0.4) is 0 Å². The standard InChI is InChI=1S/C19H22N2O5/c1-25-16-8-5-13(11-17(16)26-2)9-10-20-19(24)21-12-14-3-6-15(7-4-14)18(22)23/h3-8,11H,9-10,12H2,1-2H3,(H,22,23)(H2,20,21,24). The minimum atomic E-state index is -0.975. The van der Waals surface area contributed by atoms with Crippen LogP contribution < -0.4 is 20.1 Å². The van der Waals surface area contributed by atoms with Crippen molar-refractivity contribution in [2.24, 2.45) is 0 Å². The van der Waals surface area contributed by atoms with Gasteiger partial charge in [-0.15, -0.1) is 0 Å². The van der Waals surface area contributed by atoms with Gasteiger partial charge in [-0.05, 0) is 41.8 Å². The first-order valence-corrected chi connectivity index (χ1v) is 8.08. The summed E-state index contributed by atoms with van der Waals surface area (Å²) in [6, 6.07) is 11.7. The predicted molar refractivity (Wildman–Crippen MR) is 96.9 cm³/mol. The molecule has 0 atom stereocenters. The Hall–Kier alpha value is -3.22. The van der Waals surface area contributed by atoms with E-state index in [1.165, 1.54) is 12.1 Å². The minimum Gasteiger partial charge on any atom is -0.493 e. The smallest absolute Gasteiger partial charge is 0.335 e. The maximum atomic E-state index is 11.8. The van der Waals surface area contributed by atoms with E-state index in [1.807, 2.05) is 18.2 Å². The van der Waals surface area contributed by atoms with E-state index in [0.717, 1.165) is 11.1 Å². The Labute approximate surface area is 151 Å². The molecule has 0 aromatic heterocycles. The lowest BCUT2D eigenvalue weighted by Gasteiger charge is -2.11. The predicted octanol–water partition coefficient (Wildman–Crippen LogP) is 2.44. The molecule has 0 unspecified atom stereocenters. The number of aromatic carboxylic acids is 1. The number of amides is 2. The van der Waals surface area contributed by atoms with E-state index in [4.69, 9.17) is 14.6 Å². The molecule has 2 rings (SSSR count). The third-order valence-electron chi connectivity index (χ3n) is 3.80. The van der Waals surface area contributed by atoms with Gasteiger partial charge in [0.1, 0.15) is 0 Å². The maximum absolute atomic E-state index is 11.8. The van der Waals surface area contributed by atoms with Crippen LogP contribution in [-0.4, -0.2) is 37.9 Å². The number of carboxylic acids is 1. The number of benzene rings is 2. The van der Waals surface area contributed by atoms with Crippen molar-refractivity contribution in [1.82, 2.24) is 10.6 Å². The van der Waals surface area contributed by atoms with E-state index in [1.54, 1.807) is 26.4 Å². The zero-order valence-electron chi connectivity index (χ0n) is 14.7. The number of hydrogen-bond acceptors (Lipinski definition) is 4. The Morgan fingerprint density at radius 1 is 0.923 bits per heavy atom. The summed E-state index contributed by atoms with van der Waals surface area (Å²) in [5.74, 6) is 0.340. The minimum absolute atomic E-state index is 0.216. The molecule has 7 heteroatoms. The van der Waals surface area contributed by atoms with Crippen LogP contribution in [0.1, 0.15) is 21.5 Å². The summed E-state index contributed by atoms with van der Waals surface area (Å²) in [6.07, 6.45) is 0.654. The van der Waals surface area contributed by atoms with Crippen LogP contribution >= 0.6 is 0 Å². The van der Waals surface area contributed by atoms with E-state index >= 15 is 0 Å². The first-order chi connectivity index (χ1) is 12.5. The number of urea groups is 1. The lowest BCUT2D eigenvalue weighted by Crippen LogP contribution is -2.36. The van der Waals surface area contributed by atoms with Crippen molar-refractivity contribution in [3.05, 3.63) is 59.2 Å². The van der Waals surface area contributed by atoms with E-state index in [2.05, 4.69) is 10.6 Å². The summed E-state index contributed by atoms with van der Waals surface area (Å²) in [7, 11) is 3.16. The molecule has 0 radical (unpaired) electrons. The van der Waals surface area contributed by atoms with E-state index in [-0.39, 0.29) is 11.6 Å². The fraction of sp³-hybridized carbons (Fsp3) is 0.263. The van der Waals surface area contributed by atoms with Gasteiger partial charge in [-0.2, -0.15) is 0 Å². The zero-order chi connectivity index (χ0) is 18.9. The number of carbonyl (C=O) groups excluding carboxylic acids is 1. The van der Waals surface area contributed by atoms with Crippen LogP contribution in [-0.2, 0) is 13.0 Å². The molecule has 26 heavy (non-hydrogen) atoms. The summed E-state index contributed by atoms with van der Waals surface area (Å²) < 4.78 is 10.4. The van der Waals surface area contributed by atoms with Crippen LogP contribution in [0.2, 0.25) is 0 Å². The van der Waals surface area contributed by atoms with Crippen molar-refractivity contribution < 1.29 is 24.2 Å². The molecular formula is C19H22N2O5. The second-order valence-electron chi connectivity index (χ2n) is 5.55. The summed E-state index contributed by atoms with van der Waals surface area (Å²) in [5, 5.41) is 14.4. The number of hydrogen-bond donors (Lipinski definition) is 3. The van der Waals surface area contributed by atoms with Gasteiger partial charge in [0.2, 0.25) is 0 Å². The van der Waals surface area contributed by atoms with Crippen molar-refractivity contribution in [2.75, 3.05) is 20.8 Å². The van der Waals surface area contributed by atoms with Crippen molar-refractivity contribution in [1.29, 1.82) is 0 Å². The molecule has 3 N–H and O–H groups in total. The molecule has 0 heterocycles. The Bertz CT molecular complexity index is 759. The van der Waals surface area contributed by atoms with Gasteiger partial charge in [0.15, 0.2) is 11.5 Å². The van der Waals surface area contributed by atoms with Crippen LogP contribution in [0, 0.1) is 0 Å². The number of carbonyl (C=O) groups is 2. The number of ether oxygens (including phenoxy) is 2. The number of carboxylic acid groups (broad SMARTS) is 1. The van der Waals surface area contributed by atoms with Crippen LogP contribution in [0.25, 0.3) is 0 Å². The van der Waals surface area contributed by atoms with Gasteiger partial charge in [-0.1, -0.05) is 18.2 Å². The van der Waals surface area contributed by atoms with Crippen molar-refractivity contribution in [3.8, 4) is 11.5 Å². The largest absolute Gasteiger partial charge is 0.493 e. The van der Waals surface area contributed by atoms with Crippen molar-refractivity contribution in [2.45, 2.75) is 13.0 Å². The second kappa shape index (κ2) is 9.31. The molecular weight excluding hydrogens is 336 g/mol. The third kappa shape index (κ3) is 5.41. The first-order valence-electron chi connectivity index (χ1n) is 8.08. The number of rotatable bonds is 8. The lowest BCUT2D eigenvalue weighted by molar-refractivity contribution is 0.0697. The molecule has 0 aliphatic rings. The molecule has 0 spiro atoms. The average molecular weight is 358 g/mol. The Morgan fingerprint density at radius 2 is 1.58 bits per heavy atom. The fourth-order valence-corrected chi connectivity index (χ4v) is 2.37. The van der Waals surface area contributed by atoms with E-state index in [0.29, 0.717) is 31.0 Å². The van der Waals surface area contributed by atoms with Gasteiger partial charge >= 0.3 is 12.0 Å². The summed E-state index contributed by atoms with van der Waals surface area (Å²) in [5.41, 5.74) is 2.06. The zero-order valence-corrected chi connectivity index (χ0v) is 14.7. The summed E-state index contributed by atoms with van der Waals surface area (Å²) in [4.78, 5) is 22.6. The highest BCUT2D eigenvalue weighted by Gasteiger charge is 2.06. The molecule has 0 fully saturated rings. The molecule has 2 aromatic carbocycles. The molecule has 138 valence electrons. The van der Waals surface area contributed by atoms with E-state index < -0.39 is 5.97 Å². The topological polar surface area (TPSA) is 96.9 Å². The van der Waals surface area contributed by atoms with Crippen molar-refractivity contribution in [3.63, 3.8) is 0 Å². The molecule has 2 amide bonds. The molecule has 2 aromatic rings. The van der Waals surface area contributed by atoms with Gasteiger partial charge in [0.05, 0.1) is 19.8 Å². The van der Waals surface area contributed by atoms with Crippen LogP contribution in [0.15, 0.2) is 42.5 Å². The highest BCUT2D eigenvalue weighted by atomic mass is 16.5. The molecule has 0 saturated carbocycles. The summed E-state index contributed by atoms with van der Waals surface area (Å²) >= 11 is 0. The first kappa shape index (κ1) is 19.1. The monoisotopic (exact) mass is 358 g/mol. The van der Waals surface area contributed by atoms with E-state index in [9.17, 15) is 9.59 Å². The molecule has 7 nitrogen and oxygen atoms in total. The second-order valence-corrected chi connectivity index (χ2v) is 5.55. The highest BCUT2D eigenvalue weighted by Crippen LogP contribution is 2.27. The Kier molecular flexibility index (Phi) is 6.84. The van der Waals surface area contributed by atoms with Gasteiger partial charge < -0.3 is 25.2 Å². The van der Waals surface area contributed by atoms with Gasteiger partial charge in [-0.3, -0.25) is 0 Å². The van der Waals surface area contributed by atoms with Gasteiger partial charge in [0.25, 0.3) is 0 Å². The fourth-order valence-electron chi connectivity index (χ4n) is 2.37. The van der Waals surface area contributed by atoms with Gasteiger partial charge in [-0.25, -0.2) is 9.59 Å². The number of methoxy groups -OCH3 is 2. The lowest BCUT2D eigenvalue weighted by atomic mass is 10.1. The van der Waals surface area contributed by atoms with Crippen molar-refractivity contribution >= 4 is 12.0 Å². The highest BCUT2D eigenvalue weighted by molar-refractivity contribution is 5.87. The van der Waals surface area contributed by atoms with Crippen LogP contribution in [0.5, 0.6) is 11.5 Å². The SMILES string of the molecule is COc1ccc(CCNC(=O)NCc2ccc(C(=O)O)cc2)cc1OC. The molecule has 0 aliphatic carbocycles. The van der Waals surface area contributed by atoms with Gasteiger partial charge in [0, 0.05) is 13.1 Å². The van der Waals surface area contributed by atoms with Crippen LogP contribution in [0.4, 0.5) is 4.79 Å². The molecule has 0 bridgehead atoms. The number of nitrogens with one attached hydrogen (secondary N) is 2. The Balaban J connectivity index is 1.76. The normalized spacial score (nSPS) is 10.1. The maximum Gasteiger partial charge on any atom is 0.335 e.